The summed E-state index contributed by atoms with van der Waals surface area (Å²) in [6, 6.07) is 6.63. The maximum absolute atomic E-state index is 12.9. The Labute approximate surface area is 312 Å². The molecule has 0 spiro atoms. The molecule has 1 atom stereocenters. The molecule has 0 radical (unpaired) electrons. The first-order chi connectivity index (χ1) is 24.3. The van der Waals surface area contributed by atoms with Crippen LogP contribution in [-0.2, 0) is 29.1 Å². The number of ether oxygens (including phenoxy) is 2. The number of amides is 1. The van der Waals surface area contributed by atoms with E-state index >= 15 is 0 Å². The number of hydrogen-bond donors (Lipinski definition) is 2. The van der Waals surface area contributed by atoms with E-state index in [1.807, 2.05) is 51.1 Å². The van der Waals surface area contributed by atoms with E-state index in [1.165, 1.54) is 43.8 Å². The number of nitrogens with zero attached hydrogens (tertiary/aromatic N) is 1. The lowest BCUT2D eigenvalue weighted by Crippen LogP contribution is -2.49. The number of carbonyl (C=O) groups excluding carboxylic acids is 2. The van der Waals surface area contributed by atoms with Gasteiger partial charge in [-0.3, -0.25) is 9.10 Å². The summed E-state index contributed by atoms with van der Waals surface area (Å²) < 4.78 is 48.8. The van der Waals surface area contributed by atoms with Crippen LogP contribution in [0.25, 0.3) is 0 Å². The van der Waals surface area contributed by atoms with Crippen molar-refractivity contribution in [2.75, 3.05) is 26.5 Å². The summed E-state index contributed by atoms with van der Waals surface area (Å²) in [5, 5.41) is 0. The van der Waals surface area contributed by atoms with Crippen molar-refractivity contribution in [3.8, 4) is 0 Å². The van der Waals surface area contributed by atoms with Crippen molar-refractivity contribution >= 4 is 21.9 Å². The van der Waals surface area contributed by atoms with Gasteiger partial charge in [0, 0.05) is 12.6 Å². The number of nitrogens with two attached hydrogens (primary N) is 2. The van der Waals surface area contributed by atoms with Gasteiger partial charge in [0.05, 0.1) is 28.8 Å². The molecule has 0 fully saturated rings. The predicted octanol–water partition coefficient (Wildman–Crippen LogP) is 8.10. The number of halogens is 1. The summed E-state index contributed by atoms with van der Waals surface area (Å²) in [6.45, 7) is 24.1. The van der Waals surface area contributed by atoms with Crippen molar-refractivity contribution < 1.29 is 31.9 Å². The lowest BCUT2D eigenvalue weighted by atomic mass is 9.93. The number of primary amides is 1. The van der Waals surface area contributed by atoms with Crippen molar-refractivity contribution in [2.24, 2.45) is 11.5 Å². The minimum atomic E-state index is -3.72. The van der Waals surface area contributed by atoms with Crippen molar-refractivity contribution in [2.45, 2.75) is 72.8 Å². The maximum Gasteiger partial charge on any atom is 0.337 e. The highest BCUT2D eigenvalue weighted by Crippen LogP contribution is 2.20. The molecule has 0 aliphatic rings. The van der Waals surface area contributed by atoms with Gasteiger partial charge < -0.3 is 20.9 Å². The van der Waals surface area contributed by atoms with Crippen LogP contribution in [0.15, 0.2) is 133 Å². The molecule has 0 aromatic heterocycles. The highest BCUT2D eigenvalue weighted by Gasteiger charge is 2.29. The normalized spacial score (nSPS) is 13.7. The SMILES string of the molecule is C=C/C=C\C=C(/C)OCC(N)(CCC(/C=C\C=C)=C/C)COC(=O)C(=C)/C=C(\C=C(/C)C(N)=O)N(C)S(C)(=O)=O.CC.CC(C)c1ccc(F)cc1. The van der Waals surface area contributed by atoms with Gasteiger partial charge in [-0.05, 0) is 75.5 Å². The molecule has 9 nitrogen and oxygen atoms in total. The van der Waals surface area contributed by atoms with Crippen LogP contribution in [0.2, 0.25) is 0 Å². The van der Waals surface area contributed by atoms with Crippen LogP contribution in [0.1, 0.15) is 72.8 Å². The minimum Gasteiger partial charge on any atom is -0.496 e. The molecule has 4 N–H and O–H groups in total. The van der Waals surface area contributed by atoms with Gasteiger partial charge in [0.2, 0.25) is 15.9 Å². The molecule has 0 saturated carbocycles. The van der Waals surface area contributed by atoms with E-state index in [2.05, 4.69) is 33.6 Å². The van der Waals surface area contributed by atoms with Crippen LogP contribution >= 0.6 is 0 Å². The summed E-state index contributed by atoms with van der Waals surface area (Å²) in [7, 11) is -2.45. The molecular formula is C41H60FN3O6S. The van der Waals surface area contributed by atoms with Crippen LogP contribution < -0.4 is 11.5 Å². The lowest BCUT2D eigenvalue weighted by molar-refractivity contribution is -0.141. The van der Waals surface area contributed by atoms with Crippen LogP contribution in [0.3, 0.4) is 0 Å². The lowest BCUT2D eigenvalue weighted by Gasteiger charge is -2.29. The Kier molecular flexibility index (Phi) is 24.8. The number of likely N-dealkylation sites (N-methyl/N-ethyl adjacent to an activating group) is 1. The Balaban J connectivity index is 0. The van der Waals surface area contributed by atoms with E-state index in [0.29, 0.717) is 24.5 Å². The molecule has 0 saturated heterocycles. The zero-order chi connectivity index (χ0) is 40.5. The summed E-state index contributed by atoms with van der Waals surface area (Å²) >= 11 is 0. The second-order valence-corrected chi connectivity index (χ2v) is 13.8. The van der Waals surface area contributed by atoms with Gasteiger partial charge >= 0.3 is 5.97 Å². The van der Waals surface area contributed by atoms with Crippen LogP contribution in [0, 0.1) is 5.82 Å². The Morgan fingerprint density at radius 2 is 1.56 bits per heavy atom. The van der Waals surface area contributed by atoms with E-state index in [1.54, 1.807) is 37.3 Å². The van der Waals surface area contributed by atoms with Crippen molar-refractivity contribution in [3.05, 3.63) is 144 Å². The maximum atomic E-state index is 12.9. The zero-order valence-corrected chi connectivity index (χ0v) is 33.3. The van der Waals surface area contributed by atoms with Gasteiger partial charge in [0.1, 0.15) is 19.0 Å². The number of benzene rings is 1. The molecule has 1 rings (SSSR count). The molecule has 0 bridgehead atoms. The van der Waals surface area contributed by atoms with Crippen LogP contribution in [-0.4, -0.2) is 56.7 Å². The molecule has 11 heteroatoms. The van der Waals surface area contributed by atoms with E-state index in [9.17, 15) is 22.4 Å². The molecular weight excluding hydrogens is 682 g/mol. The van der Waals surface area contributed by atoms with Gasteiger partial charge in [-0.1, -0.05) is 108 Å². The molecule has 0 aliphatic carbocycles. The molecule has 0 heterocycles. The molecule has 288 valence electrons. The first-order valence-corrected chi connectivity index (χ1v) is 18.7. The topological polar surface area (TPSA) is 142 Å². The molecule has 1 amide bonds. The number of allylic oxidation sites excluding steroid dienone is 11. The van der Waals surface area contributed by atoms with Gasteiger partial charge in [0.25, 0.3) is 0 Å². The Morgan fingerprint density at radius 3 is 2.04 bits per heavy atom. The number of hydrogen-bond acceptors (Lipinski definition) is 7. The summed E-state index contributed by atoms with van der Waals surface area (Å²) in [5.74, 6) is -0.639. The summed E-state index contributed by atoms with van der Waals surface area (Å²) in [5.41, 5.74) is 13.0. The molecule has 1 aromatic carbocycles. The second kappa shape index (κ2) is 26.1. The molecule has 0 aliphatic heterocycles. The van der Waals surface area contributed by atoms with E-state index < -0.39 is 27.4 Å². The van der Waals surface area contributed by atoms with Crippen LogP contribution in [0.4, 0.5) is 4.39 Å². The minimum absolute atomic E-state index is 0.00293. The monoisotopic (exact) mass is 741 g/mol. The number of carbonyl (C=O) groups is 2. The van der Waals surface area contributed by atoms with Crippen LogP contribution in [0.5, 0.6) is 0 Å². The third kappa shape index (κ3) is 21.5. The fourth-order valence-corrected chi connectivity index (χ4v) is 4.25. The van der Waals surface area contributed by atoms with Gasteiger partial charge in [-0.15, -0.1) is 0 Å². The Bertz CT molecular complexity index is 1620. The van der Waals surface area contributed by atoms with Gasteiger partial charge in [-0.2, -0.15) is 0 Å². The second-order valence-electron chi connectivity index (χ2n) is 11.8. The number of sulfonamides is 1. The Hall–Kier alpha value is -4.74. The third-order valence-corrected chi connectivity index (χ3v) is 8.33. The van der Waals surface area contributed by atoms with Gasteiger partial charge in [0.15, 0.2) is 0 Å². The zero-order valence-electron chi connectivity index (χ0n) is 32.4. The highest BCUT2D eigenvalue weighted by molar-refractivity contribution is 7.88. The first kappa shape index (κ1) is 49.4. The number of esters is 1. The van der Waals surface area contributed by atoms with Crippen molar-refractivity contribution in [1.29, 1.82) is 0 Å². The Morgan fingerprint density at radius 1 is 1.00 bits per heavy atom. The molecule has 1 unspecified atom stereocenters. The fraction of sp³-hybridized carbons (Fsp3) is 0.366. The van der Waals surface area contributed by atoms with E-state index in [-0.39, 0.29) is 35.9 Å². The highest BCUT2D eigenvalue weighted by atomic mass is 32.2. The fourth-order valence-electron chi connectivity index (χ4n) is 3.77. The largest absolute Gasteiger partial charge is 0.496 e. The molecule has 52 heavy (non-hydrogen) atoms. The molecule has 1 aromatic rings. The van der Waals surface area contributed by atoms with Crippen molar-refractivity contribution in [3.63, 3.8) is 0 Å². The standard InChI is InChI=1S/C30H43N3O6S.C9H11F.C2H6/c1-9-12-14-15-25(6)38-21-30(32,18-17-26(11-3)16-13-10-2)22-39-29(35)24(5)20-27(19-23(4)28(31)34)33(7)40(8,36)37;1-7(2)8-3-5-9(10)6-4-8;1-2/h9-16,19-20H,1-2,5,17-18,21-22,32H2,3-4,6-8H3,(H2,31,34);3-7H,1-2H3;1-2H3/b14-12-,16-13-,23-19+,25-15+,26-11+,27-20+;;. The third-order valence-electron chi connectivity index (χ3n) is 7.12. The smallest absolute Gasteiger partial charge is 0.337 e. The summed E-state index contributed by atoms with van der Waals surface area (Å²) in [4.78, 5) is 24.4. The average molecular weight is 742 g/mol. The van der Waals surface area contributed by atoms with E-state index in [0.717, 1.165) is 16.1 Å². The average Bonchev–Trinajstić information content (AvgIpc) is 3.10. The first-order valence-electron chi connectivity index (χ1n) is 16.9. The van der Waals surface area contributed by atoms with Gasteiger partial charge in [-0.25, -0.2) is 17.6 Å². The predicted molar refractivity (Wildman–Crippen MR) is 214 cm³/mol. The van der Waals surface area contributed by atoms with E-state index in [4.69, 9.17) is 20.9 Å². The quantitative estimate of drug-likeness (QED) is 0.0632. The summed E-state index contributed by atoms with van der Waals surface area (Å²) in [6.07, 6.45) is 18.7. The van der Waals surface area contributed by atoms with Crippen molar-refractivity contribution in [1.82, 2.24) is 4.31 Å². The number of rotatable bonds is 19.